The smallest absolute Gasteiger partial charge is 0.265 e. The Labute approximate surface area is 109 Å². The molecule has 1 aromatic rings. The molecule has 0 aromatic heterocycles. The van der Waals surface area contributed by atoms with Crippen LogP contribution in [0.25, 0.3) is 0 Å². The third-order valence-electron chi connectivity index (χ3n) is 3.47. The Morgan fingerprint density at radius 3 is 2.50 bits per heavy atom. The maximum Gasteiger partial charge on any atom is 0.265 e. The number of nitrogens with one attached hydrogen (secondary N) is 1. The second-order valence-corrected chi connectivity index (χ2v) is 5.03. The number of hydrogen-bond acceptors (Lipinski definition) is 3. The highest BCUT2D eigenvalue weighted by Gasteiger charge is 2.16. The fourth-order valence-corrected chi connectivity index (χ4v) is 1.88. The van der Waals surface area contributed by atoms with Crippen molar-refractivity contribution in [3.05, 3.63) is 35.4 Å². The van der Waals surface area contributed by atoms with Crippen LogP contribution in [-0.4, -0.2) is 23.9 Å². The van der Waals surface area contributed by atoms with E-state index in [1.165, 1.54) is 0 Å². The quantitative estimate of drug-likeness (QED) is 0.475. The van der Waals surface area contributed by atoms with Gasteiger partial charge in [-0.2, -0.15) is 0 Å². The zero-order chi connectivity index (χ0) is 13.7. The Kier molecular flexibility index (Phi) is 5.31. The third-order valence-corrected chi connectivity index (χ3v) is 3.47. The topological polar surface area (TPSA) is 58.4 Å². The number of benzene rings is 1. The number of carbonyl (C=O) groups is 1. The average molecular weight is 249 g/mol. The molecule has 1 atom stereocenters. The summed E-state index contributed by atoms with van der Waals surface area (Å²) in [5.41, 5.74) is 3.83. The van der Waals surface area contributed by atoms with Gasteiger partial charge in [-0.1, -0.05) is 32.0 Å². The first kappa shape index (κ1) is 14.7. The van der Waals surface area contributed by atoms with Crippen LogP contribution in [-0.2, 0) is 6.54 Å². The molecule has 4 heteroatoms. The number of carbonyl (C=O) groups excluding carboxylic acids is 1. The Balaban J connectivity index is 2.87. The van der Waals surface area contributed by atoms with Crippen molar-refractivity contribution in [3.63, 3.8) is 0 Å². The van der Waals surface area contributed by atoms with Gasteiger partial charge in [0.05, 0.1) is 0 Å². The molecule has 0 radical (unpaired) electrons. The van der Waals surface area contributed by atoms with Gasteiger partial charge in [0.25, 0.3) is 5.91 Å². The minimum absolute atomic E-state index is 0.240. The van der Waals surface area contributed by atoms with Gasteiger partial charge in [0.2, 0.25) is 0 Å². The number of nitrogens with zero attached hydrogens (tertiary/aromatic N) is 1. The Morgan fingerprint density at radius 1 is 1.33 bits per heavy atom. The van der Waals surface area contributed by atoms with Gasteiger partial charge in [-0.15, -0.1) is 0 Å². The molecule has 0 bridgehead atoms. The van der Waals surface area contributed by atoms with Gasteiger partial charge in [-0.3, -0.25) is 15.1 Å². The maximum atomic E-state index is 11.7. The van der Waals surface area contributed by atoms with E-state index in [-0.39, 0.29) is 5.91 Å². The van der Waals surface area contributed by atoms with Crippen LogP contribution in [0.4, 0.5) is 0 Å². The monoisotopic (exact) mass is 249 g/mol. The summed E-state index contributed by atoms with van der Waals surface area (Å²) in [5, 5.41) is 0. The Bertz CT molecular complexity index is 404. The molecule has 0 aliphatic rings. The van der Waals surface area contributed by atoms with Crippen LogP contribution in [0.15, 0.2) is 24.3 Å². The van der Waals surface area contributed by atoms with Crippen LogP contribution >= 0.6 is 0 Å². The van der Waals surface area contributed by atoms with E-state index in [0.717, 1.165) is 12.1 Å². The van der Waals surface area contributed by atoms with E-state index < -0.39 is 0 Å². The number of hydrazine groups is 1. The first-order chi connectivity index (χ1) is 8.47. The van der Waals surface area contributed by atoms with Crippen LogP contribution in [0.1, 0.15) is 36.7 Å². The molecular weight excluding hydrogens is 226 g/mol. The van der Waals surface area contributed by atoms with Gasteiger partial charge in [-0.25, -0.2) is 5.84 Å². The molecule has 0 aliphatic carbocycles. The van der Waals surface area contributed by atoms with Crippen molar-refractivity contribution < 1.29 is 4.79 Å². The highest BCUT2D eigenvalue weighted by Crippen LogP contribution is 2.15. The molecule has 0 fully saturated rings. The molecule has 0 heterocycles. The standard InChI is InChI=1S/C14H23N3O/c1-10(2)11(3)17(4)9-12-7-5-6-8-13(12)14(18)16-15/h5-8,10-11H,9,15H2,1-4H3,(H,16,18). The van der Waals surface area contributed by atoms with E-state index in [0.29, 0.717) is 17.5 Å². The van der Waals surface area contributed by atoms with E-state index in [1.807, 2.05) is 18.2 Å². The fourth-order valence-electron chi connectivity index (χ4n) is 1.88. The van der Waals surface area contributed by atoms with Gasteiger partial charge < -0.3 is 0 Å². The predicted octanol–water partition coefficient (Wildman–Crippen LogP) is 1.77. The van der Waals surface area contributed by atoms with Crippen LogP contribution in [0.5, 0.6) is 0 Å². The highest BCUT2D eigenvalue weighted by molar-refractivity contribution is 5.95. The summed E-state index contributed by atoms with van der Waals surface area (Å²) in [6, 6.07) is 8.01. The second kappa shape index (κ2) is 6.52. The van der Waals surface area contributed by atoms with Crippen molar-refractivity contribution in [1.82, 2.24) is 10.3 Å². The third kappa shape index (κ3) is 3.55. The van der Waals surface area contributed by atoms with Crippen LogP contribution in [0, 0.1) is 5.92 Å². The molecule has 3 N–H and O–H groups in total. The lowest BCUT2D eigenvalue weighted by molar-refractivity contribution is 0.0951. The first-order valence-electron chi connectivity index (χ1n) is 6.26. The molecule has 1 rings (SSSR count). The van der Waals surface area contributed by atoms with Crippen LogP contribution < -0.4 is 11.3 Å². The molecule has 100 valence electrons. The summed E-state index contributed by atoms with van der Waals surface area (Å²) in [6.07, 6.45) is 0. The van der Waals surface area contributed by atoms with Gasteiger partial charge in [-0.05, 0) is 31.5 Å². The van der Waals surface area contributed by atoms with E-state index in [2.05, 4.69) is 38.1 Å². The molecule has 1 unspecified atom stereocenters. The zero-order valence-electron chi connectivity index (χ0n) is 11.6. The van der Waals surface area contributed by atoms with Crippen molar-refractivity contribution in [1.29, 1.82) is 0 Å². The molecule has 0 aliphatic heterocycles. The van der Waals surface area contributed by atoms with Crippen molar-refractivity contribution in [2.75, 3.05) is 7.05 Å². The Hall–Kier alpha value is -1.39. The maximum absolute atomic E-state index is 11.7. The van der Waals surface area contributed by atoms with E-state index in [4.69, 9.17) is 5.84 Å². The summed E-state index contributed by atoms with van der Waals surface area (Å²) in [5.74, 6) is 5.53. The summed E-state index contributed by atoms with van der Waals surface area (Å²) >= 11 is 0. The van der Waals surface area contributed by atoms with Gasteiger partial charge >= 0.3 is 0 Å². The molecule has 1 amide bonds. The molecule has 18 heavy (non-hydrogen) atoms. The minimum Gasteiger partial charge on any atom is -0.299 e. The van der Waals surface area contributed by atoms with Crippen molar-refractivity contribution in [3.8, 4) is 0 Å². The lowest BCUT2D eigenvalue weighted by atomic mass is 10.0. The minimum atomic E-state index is -0.240. The lowest BCUT2D eigenvalue weighted by Gasteiger charge is -2.28. The summed E-state index contributed by atoms with van der Waals surface area (Å²) in [6.45, 7) is 7.32. The van der Waals surface area contributed by atoms with Gasteiger partial charge in [0, 0.05) is 18.2 Å². The van der Waals surface area contributed by atoms with Crippen LogP contribution in [0.3, 0.4) is 0 Å². The van der Waals surface area contributed by atoms with Gasteiger partial charge in [0.1, 0.15) is 0 Å². The number of amides is 1. The molecule has 0 saturated carbocycles. The normalized spacial score (nSPS) is 12.8. The molecular formula is C14H23N3O. The second-order valence-electron chi connectivity index (χ2n) is 5.03. The lowest BCUT2D eigenvalue weighted by Crippen LogP contribution is -2.35. The number of rotatable bonds is 5. The summed E-state index contributed by atoms with van der Waals surface area (Å²) in [7, 11) is 2.07. The average Bonchev–Trinajstić information content (AvgIpc) is 2.37. The number of nitrogens with two attached hydrogens (primary N) is 1. The highest BCUT2D eigenvalue weighted by atomic mass is 16.2. The number of hydrogen-bond donors (Lipinski definition) is 2. The van der Waals surface area contributed by atoms with Crippen molar-refractivity contribution in [2.24, 2.45) is 11.8 Å². The zero-order valence-corrected chi connectivity index (χ0v) is 11.6. The predicted molar refractivity (Wildman–Crippen MR) is 73.9 cm³/mol. The van der Waals surface area contributed by atoms with Crippen molar-refractivity contribution in [2.45, 2.75) is 33.4 Å². The molecule has 0 saturated heterocycles. The van der Waals surface area contributed by atoms with E-state index >= 15 is 0 Å². The SMILES string of the molecule is CC(C)C(C)N(C)Cc1ccccc1C(=O)NN. The first-order valence-corrected chi connectivity index (χ1v) is 6.26. The van der Waals surface area contributed by atoms with Crippen LogP contribution in [0.2, 0.25) is 0 Å². The number of nitrogen functional groups attached to an aromatic ring is 1. The van der Waals surface area contributed by atoms with E-state index in [9.17, 15) is 4.79 Å². The summed E-state index contributed by atoms with van der Waals surface area (Å²) in [4.78, 5) is 13.9. The fraction of sp³-hybridized carbons (Fsp3) is 0.500. The molecule has 1 aromatic carbocycles. The van der Waals surface area contributed by atoms with E-state index in [1.54, 1.807) is 6.07 Å². The Morgan fingerprint density at radius 2 is 1.94 bits per heavy atom. The van der Waals surface area contributed by atoms with Crippen molar-refractivity contribution >= 4 is 5.91 Å². The molecule has 4 nitrogen and oxygen atoms in total. The summed E-state index contributed by atoms with van der Waals surface area (Å²) < 4.78 is 0. The molecule has 0 spiro atoms. The largest absolute Gasteiger partial charge is 0.299 e. The van der Waals surface area contributed by atoms with Gasteiger partial charge in [0.15, 0.2) is 0 Å².